The van der Waals surface area contributed by atoms with E-state index in [1.54, 1.807) is 0 Å². The fraction of sp³-hybridized carbons (Fsp3) is 0.588. The Hall–Kier alpha value is -0.820. The summed E-state index contributed by atoms with van der Waals surface area (Å²) in [6.45, 7) is 9.91. The number of guanidine groups is 1. The van der Waals surface area contributed by atoms with Crippen molar-refractivity contribution in [1.29, 1.82) is 0 Å². The van der Waals surface area contributed by atoms with Crippen molar-refractivity contribution in [2.45, 2.75) is 46.6 Å². The molecule has 0 fully saturated rings. The Labute approximate surface area is 151 Å². The van der Waals surface area contributed by atoms with E-state index in [9.17, 15) is 0 Å². The second kappa shape index (κ2) is 11.7. The summed E-state index contributed by atoms with van der Waals surface area (Å²) in [5, 5.41) is 3.14. The molecule has 0 aliphatic rings. The average Bonchev–Trinajstić information content (AvgIpc) is 2.46. The summed E-state index contributed by atoms with van der Waals surface area (Å²) in [5.74, 6) is 0.956. The van der Waals surface area contributed by atoms with Crippen molar-refractivity contribution >= 4 is 35.6 Å². The molecule has 0 spiro atoms. The number of anilines is 1. The Balaban J connectivity index is 0.00000441. The fourth-order valence-electron chi connectivity index (χ4n) is 2.19. The Bertz CT molecular complexity index is 449. The van der Waals surface area contributed by atoms with Crippen molar-refractivity contribution < 1.29 is 4.74 Å². The summed E-state index contributed by atoms with van der Waals surface area (Å²) in [4.78, 5) is 4.38. The van der Waals surface area contributed by atoms with Crippen LogP contribution in [0.5, 0.6) is 0 Å². The third-order valence-corrected chi connectivity index (χ3v) is 3.43. The zero-order valence-corrected chi connectivity index (χ0v) is 16.5. The Morgan fingerprint density at radius 1 is 1.32 bits per heavy atom. The van der Waals surface area contributed by atoms with Gasteiger partial charge in [-0.05, 0) is 43.4 Å². The van der Waals surface area contributed by atoms with Gasteiger partial charge in [-0.3, -0.25) is 4.99 Å². The monoisotopic (exact) mass is 419 g/mol. The number of halogens is 1. The van der Waals surface area contributed by atoms with E-state index >= 15 is 0 Å². The first-order chi connectivity index (χ1) is 10.1. The largest absolute Gasteiger partial charge is 0.378 e. The van der Waals surface area contributed by atoms with E-state index in [-0.39, 0.29) is 30.1 Å². The summed E-state index contributed by atoms with van der Waals surface area (Å²) in [6, 6.07) is 8.23. The maximum atomic E-state index is 5.93. The third-order valence-electron chi connectivity index (χ3n) is 3.43. The first-order valence-corrected chi connectivity index (χ1v) is 7.84. The molecule has 3 N–H and O–H groups in total. The van der Waals surface area contributed by atoms with Gasteiger partial charge < -0.3 is 15.8 Å². The molecule has 1 aromatic rings. The van der Waals surface area contributed by atoms with Gasteiger partial charge in [-0.1, -0.05) is 32.9 Å². The zero-order valence-electron chi connectivity index (χ0n) is 14.1. The van der Waals surface area contributed by atoms with Gasteiger partial charge in [0.1, 0.15) is 0 Å². The summed E-state index contributed by atoms with van der Waals surface area (Å²) >= 11 is 0. The molecule has 0 saturated heterocycles. The highest BCUT2D eigenvalue weighted by Gasteiger charge is 2.12. The molecule has 1 unspecified atom stereocenters. The lowest BCUT2D eigenvalue weighted by molar-refractivity contribution is 0.0266. The molecule has 4 nitrogen and oxygen atoms in total. The molecule has 0 aromatic heterocycles. The number of hydrogen-bond donors (Lipinski definition) is 2. The smallest absolute Gasteiger partial charge is 0.193 e. The highest BCUT2D eigenvalue weighted by atomic mass is 127. The molecule has 0 aliphatic heterocycles. The van der Waals surface area contributed by atoms with E-state index < -0.39 is 0 Å². The van der Waals surface area contributed by atoms with Crippen LogP contribution >= 0.6 is 24.0 Å². The van der Waals surface area contributed by atoms with Crippen LogP contribution in [0.2, 0.25) is 0 Å². The van der Waals surface area contributed by atoms with Crippen LogP contribution in [-0.4, -0.2) is 25.2 Å². The van der Waals surface area contributed by atoms with E-state index in [0.717, 1.165) is 25.1 Å². The lowest BCUT2D eigenvalue weighted by Crippen LogP contribution is -2.25. The van der Waals surface area contributed by atoms with Gasteiger partial charge in [0, 0.05) is 18.8 Å². The molecule has 0 amide bonds. The van der Waals surface area contributed by atoms with Gasteiger partial charge in [-0.2, -0.15) is 0 Å². The molecule has 1 rings (SSSR count). The van der Waals surface area contributed by atoms with Gasteiger partial charge in [0.15, 0.2) is 5.96 Å². The molecule has 0 saturated carbocycles. The normalized spacial score (nSPS) is 12.9. The number of hydrogen-bond acceptors (Lipinski definition) is 2. The fourth-order valence-corrected chi connectivity index (χ4v) is 2.19. The first kappa shape index (κ1) is 21.2. The van der Waals surface area contributed by atoms with E-state index in [1.807, 2.05) is 19.1 Å². The maximum Gasteiger partial charge on any atom is 0.193 e. The zero-order chi connectivity index (χ0) is 15.7. The molecule has 1 atom stereocenters. The Kier molecular flexibility index (Phi) is 11.3. The van der Waals surface area contributed by atoms with Crippen molar-refractivity contribution in [3.8, 4) is 0 Å². The maximum absolute atomic E-state index is 5.93. The molecule has 0 bridgehead atoms. The van der Waals surface area contributed by atoms with Crippen molar-refractivity contribution in [1.82, 2.24) is 0 Å². The van der Waals surface area contributed by atoms with Crippen molar-refractivity contribution in [2.75, 3.05) is 18.5 Å². The number of nitrogens with zero attached hydrogens (tertiary/aromatic N) is 1. The van der Waals surface area contributed by atoms with Crippen LogP contribution in [0.1, 0.15) is 39.7 Å². The molecule has 1 aromatic carbocycles. The van der Waals surface area contributed by atoms with E-state index in [4.69, 9.17) is 10.5 Å². The molecule has 0 radical (unpaired) electrons. The van der Waals surface area contributed by atoms with Crippen molar-refractivity contribution in [3.63, 3.8) is 0 Å². The molecular weight excluding hydrogens is 389 g/mol. The van der Waals surface area contributed by atoms with E-state index in [2.05, 4.69) is 43.2 Å². The predicted octanol–water partition coefficient (Wildman–Crippen LogP) is 4.04. The van der Waals surface area contributed by atoms with E-state index in [0.29, 0.717) is 18.4 Å². The number of ether oxygens (including phenoxy) is 1. The van der Waals surface area contributed by atoms with Gasteiger partial charge >= 0.3 is 0 Å². The summed E-state index contributed by atoms with van der Waals surface area (Å²) in [6.07, 6.45) is 2.15. The third kappa shape index (κ3) is 7.98. The highest BCUT2D eigenvalue weighted by Crippen LogP contribution is 2.12. The van der Waals surface area contributed by atoms with Crippen LogP contribution in [0.15, 0.2) is 29.3 Å². The Morgan fingerprint density at radius 2 is 2.05 bits per heavy atom. The van der Waals surface area contributed by atoms with Crippen LogP contribution in [0.3, 0.4) is 0 Å². The minimum Gasteiger partial charge on any atom is -0.378 e. The van der Waals surface area contributed by atoms with Crippen molar-refractivity contribution in [3.05, 3.63) is 29.8 Å². The van der Waals surface area contributed by atoms with Crippen molar-refractivity contribution in [2.24, 2.45) is 16.6 Å². The highest BCUT2D eigenvalue weighted by molar-refractivity contribution is 14.0. The summed E-state index contributed by atoms with van der Waals surface area (Å²) in [5.41, 5.74) is 8.20. The molecule has 0 aliphatic carbocycles. The van der Waals surface area contributed by atoms with Gasteiger partial charge in [0.2, 0.25) is 0 Å². The second-order valence-corrected chi connectivity index (χ2v) is 5.47. The lowest BCUT2D eigenvalue weighted by Gasteiger charge is -2.19. The number of nitrogens with two attached hydrogens (primary N) is 1. The molecule has 126 valence electrons. The van der Waals surface area contributed by atoms with Crippen LogP contribution in [0.25, 0.3) is 0 Å². The Morgan fingerprint density at radius 3 is 2.64 bits per heavy atom. The molecule has 0 heterocycles. The van der Waals surface area contributed by atoms with Gasteiger partial charge in [0.05, 0.1) is 6.10 Å². The number of aryl methyl sites for hydroxylation is 1. The lowest BCUT2D eigenvalue weighted by atomic mass is 10.0. The summed E-state index contributed by atoms with van der Waals surface area (Å²) < 4.78 is 5.70. The van der Waals surface area contributed by atoms with Gasteiger partial charge in [-0.25, -0.2) is 0 Å². The molecule has 22 heavy (non-hydrogen) atoms. The van der Waals surface area contributed by atoms with Crippen LogP contribution < -0.4 is 11.1 Å². The van der Waals surface area contributed by atoms with Gasteiger partial charge in [0.25, 0.3) is 0 Å². The number of aliphatic imine (C=N–C) groups is 1. The molecule has 5 heteroatoms. The van der Waals surface area contributed by atoms with E-state index in [1.165, 1.54) is 5.56 Å². The minimum atomic E-state index is 0. The summed E-state index contributed by atoms with van der Waals surface area (Å²) in [7, 11) is 0. The van der Waals surface area contributed by atoms with Crippen LogP contribution in [-0.2, 0) is 11.2 Å². The second-order valence-electron chi connectivity index (χ2n) is 5.47. The van der Waals surface area contributed by atoms with Crippen LogP contribution in [0, 0.1) is 5.92 Å². The standard InChI is InChI=1S/C17H29N3O.HI/c1-5-14-8-7-9-15(12-14)20-17(18)19-11-10-16(13(3)4)21-6-2;/h7-9,12-13,16H,5-6,10-11H2,1-4H3,(H3,18,19,20);1H. The number of benzene rings is 1. The number of nitrogens with one attached hydrogen (secondary N) is 1. The van der Waals surface area contributed by atoms with Crippen LogP contribution in [0.4, 0.5) is 5.69 Å². The number of rotatable bonds is 8. The molecular formula is C17H30IN3O. The SMILES string of the molecule is CCOC(CCN=C(N)Nc1cccc(CC)c1)C(C)C.I. The first-order valence-electron chi connectivity index (χ1n) is 7.84. The quantitative estimate of drug-likeness (QED) is 0.380. The predicted molar refractivity (Wildman–Crippen MR) is 106 cm³/mol. The minimum absolute atomic E-state index is 0. The topological polar surface area (TPSA) is 59.6 Å². The average molecular weight is 419 g/mol. The van der Waals surface area contributed by atoms with Gasteiger partial charge in [-0.15, -0.1) is 24.0 Å².